The van der Waals surface area contributed by atoms with Gasteiger partial charge in [-0.05, 0) is 41.0 Å². The molecule has 180 valence electrons. The molecule has 2 aromatic carbocycles. The van der Waals surface area contributed by atoms with Gasteiger partial charge in [-0.3, -0.25) is 20.0 Å². The number of rotatable bonds is 7. The fourth-order valence-corrected chi connectivity index (χ4v) is 5.06. The number of carboxylic acids is 1. The minimum atomic E-state index is -0.837. The molecule has 0 unspecified atom stereocenters. The van der Waals surface area contributed by atoms with Crippen molar-refractivity contribution in [1.29, 1.82) is 0 Å². The molecule has 35 heavy (non-hydrogen) atoms. The molecule has 2 aliphatic rings. The first-order chi connectivity index (χ1) is 17.0. The SMILES string of the molecule is O=C(Nc1n[nH]c(C(=O)NC[C@H]2CCC[C@H]2C(=O)O)n1)OCC1c2ccccc2-c2ccccc21. The Morgan fingerprint density at radius 3 is 2.40 bits per heavy atom. The predicted molar refractivity (Wildman–Crippen MR) is 126 cm³/mol. The number of aliphatic carboxylic acids is 1. The van der Waals surface area contributed by atoms with E-state index in [2.05, 4.69) is 37.9 Å². The number of fused-ring (bicyclic) bond motifs is 3. The van der Waals surface area contributed by atoms with Gasteiger partial charge in [0, 0.05) is 12.5 Å². The number of ether oxygens (including phenoxy) is 1. The van der Waals surface area contributed by atoms with Gasteiger partial charge in [-0.25, -0.2) is 4.79 Å². The summed E-state index contributed by atoms with van der Waals surface area (Å²) in [5.41, 5.74) is 4.47. The Morgan fingerprint density at radius 2 is 1.71 bits per heavy atom. The van der Waals surface area contributed by atoms with Crippen molar-refractivity contribution < 1.29 is 24.2 Å². The van der Waals surface area contributed by atoms with Crippen LogP contribution in [0.3, 0.4) is 0 Å². The van der Waals surface area contributed by atoms with Crippen LogP contribution < -0.4 is 10.6 Å². The van der Waals surface area contributed by atoms with Crippen LogP contribution in [0, 0.1) is 11.8 Å². The van der Waals surface area contributed by atoms with Crippen molar-refractivity contribution in [1.82, 2.24) is 20.5 Å². The van der Waals surface area contributed by atoms with Crippen molar-refractivity contribution in [3.63, 3.8) is 0 Å². The van der Waals surface area contributed by atoms with Crippen molar-refractivity contribution in [2.75, 3.05) is 18.5 Å². The molecule has 2 atom stereocenters. The Kier molecular flexibility index (Phi) is 6.17. The number of benzene rings is 2. The fourth-order valence-electron chi connectivity index (χ4n) is 5.06. The zero-order chi connectivity index (χ0) is 24.4. The van der Waals surface area contributed by atoms with Gasteiger partial charge in [0.2, 0.25) is 5.82 Å². The van der Waals surface area contributed by atoms with E-state index in [4.69, 9.17) is 4.74 Å². The minimum absolute atomic E-state index is 0.0770. The summed E-state index contributed by atoms with van der Waals surface area (Å²) < 4.78 is 5.46. The topological polar surface area (TPSA) is 146 Å². The zero-order valence-electron chi connectivity index (χ0n) is 18.9. The van der Waals surface area contributed by atoms with E-state index in [1.165, 1.54) is 0 Å². The van der Waals surface area contributed by atoms with E-state index in [9.17, 15) is 19.5 Å². The molecule has 2 amide bonds. The number of amides is 2. The molecule has 1 aromatic heterocycles. The highest BCUT2D eigenvalue weighted by Gasteiger charge is 2.33. The Morgan fingerprint density at radius 1 is 1.03 bits per heavy atom. The van der Waals surface area contributed by atoms with Gasteiger partial charge in [-0.15, -0.1) is 5.10 Å². The summed E-state index contributed by atoms with van der Waals surface area (Å²) in [6, 6.07) is 16.1. The van der Waals surface area contributed by atoms with E-state index < -0.39 is 23.9 Å². The minimum Gasteiger partial charge on any atom is -0.481 e. The van der Waals surface area contributed by atoms with Gasteiger partial charge in [-0.1, -0.05) is 55.0 Å². The molecule has 0 aliphatic heterocycles. The third-order valence-corrected chi connectivity index (χ3v) is 6.76. The number of aromatic amines is 1. The first-order valence-electron chi connectivity index (χ1n) is 11.6. The number of hydrogen-bond acceptors (Lipinski definition) is 6. The summed E-state index contributed by atoms with van der Waals surface area (Å²) in [5.74, 6) is -2.16. The van der Waals surface area contributed by atoms with Crippen LogP contribution in [0.15, 0.2) is 48.5 Å². The summed E-state index contributed by atoms with van der Waals surface area (Å²) in [6.07, 6.45) is 1.47. The van der Waals surface area contributed by atoms with Crippen LogP contribution >= 0.6 is 0 Å². The molecule has 10 heteroatoms. The summed E-state index contributed by atoms with van der Waals surface area (Å²) >= 11 is 0. The van der Waals surface area contributed by atoms with Crippen molar-refractivity contribution in [3.8, 4) is 11.1 Å². The quantitative estimate of drug-likeness (QED) is 0.410. The van der Waals surface area contributed by atoms with Gasteiger partial charge in [0.05, 0.1) is 5.92 Å². The van der Waals surface area contributed by atoms with Crippen LogP contribution in [0.2, 0.25) is 0 Å². The van der Waals surface area contributed by atoms with E-state index in [1.807, 2.05) is 36.4 Å². The van der Waals surface area contributed by atoms with Crippen molar-refractivity contribution in [2.24, 2.45) is 11.8 Å². The monoisotopic (exact) mass is 475 g/mol. The second-order valence-electron chi connectivity index (χ2n) is 8.80. The molecular formula is C25H25N5O5. The van der Waals surface area contributed by atoms with Gasteiger partial charge in [-0.2, -0.15) is 4.98 Å². The Balaban J connectivity index is 1.15. The molecule has 1 fully saturated rings. The molecule has 3 aromatic rings. The molecule has 1 heterocycles. The first kappa shape index (κ1) is 22.6. The number of carbonyl (C=O) groups is 3. The first-order valence-corrected chi connectivity index (χ1v) is 11.6. The number of carbonyl (C=O) groups excluding carboxylic acids is 2. The second-order valence-corrected chi connectivity index (χ2v) is 8.80. The maximum atomic E-state index is 12.4. The second kappa shape index (κ2) is 9.57. The van der Waals surface area contributed by atoms with Gasteiger partial charge < -0.3 is 15.2 Å². The van der Waals surface area contributed by atoms with Crippen LogP contribution in [-0.4, -0.2) is 51.4 Å². The van der Waals surface area contributed by atoms with Crippen LogP contribution in [0.4, 0.5) is 10.7 Å². The van der Waals surface area contributed by atoms with Crippen molar-refractivity contribution in [3.05, 3.63) is 65.5 Å². The molecule has 1 saturated carbocycles. The van der Waals surface area contributed by atoms with Crippen LogP contribution in [0.5, 0.6) is 0 Å². The third-order valence-electron chi connectivity index (χ3n) is 6.76. The Bertz CT molecular complexity index is 1230. The normalized spacial score (nSPS) is 18.5. The van der Waals surface area contributed by atoms with E-state index in [1.54, 1.807) is 0 Å². The van der Waals surface area contributed by atoms with E-state index in [-0.39, 0.29) is 36.8 Å². The van der Waals surface area contributed by atoms with Gasteiger partial charge in [0.25, 0.3) is 11.9 Å². The van der Waals surface area contributed by atoms with E-state index >= 15 is 0 Å². The maximum Gasteiger partial charge on any atom is 0.414 e. The van der Waals surface area contributed by atoms with Crippen LogP contribution in [0.25, 0.3) is 11.1 Å². The van der Waals surface area contributed by atoms with Gasteiger partial charge in [0.15, 0.2) is 0 Å². The van der Waals surface area contributed by atoms with Gasteiger partial charge in [0.1, 0.15) is 6.61 Å². The highest BCUT2D eigenvalue weighted by atomic mass is 16.5. The lowest BCUT2D eigenvalue weighted by Gasteiger charge is -2.15. The molecule has 2 aliphatic carbocycles. The number of hydrogen-bond donors (Lipinski definition) is 4. The average Bonchev–Trinajstić information content (AvgIpc) is 3.59. The molecule has 0 spiro atoms. The predicted octanol–water partition coefficient (Wildman–Crippen LogP) is 3.40. The highest BCUT2D eigenvalue weighted by molar-refractivity contribution is 5.91. The fraction of sp³-hybridized carbons (Fsp3) is 0.320. The lowest BCUT2D eigenvalue weighted by Crippen LogP contribution is -2.33. The van der Waals surface area contributed by atoms with Gasteiger partial charge >= 0.3 is 12.1 Å². The molecule has 4 N–H and O–H groups in total. The maximum absolute atomic E-state index is 12.4. The summed E-state index contributed by atoms with van der Waals surface area (Å²) in [7, 11) is 0. The van der Waals surface area contributed by atoms with Crippen molar-refractivity contribution in [2.45, 2.75) is 25.2 Å². The van der Waals surface area contributed by atoms with Crippen LogP contribution in [0.1, 0.15) is 46.9 Å². The smallest absolute Gasteiger partial charge is 0.414 e. The highest BCUT2D eigenvalue weighted by Crippen LogP contribution is 2.44. The van der Waals surface area contributed by atoms with Crippen molar-refractivity contribution >= 4 is 23.9 Å². The number of anilines is 1. The van der Waals surface area contributed by atoms with Crippen LogP contribution in [-0.2, 0) is 9.53 Å². The number of nitrogens with one attached hydrogen (secondary N) is 3. The zero-order valence-corrected chi connectivity index (χ0v) is 18.9. The molecule has 10 nitrogen and oxygen atoms in total. The number of nitrogens with zero attached hydrogens (tertiary/aromatic N) is 2. The lowest BCUT2D eigenvalue weighted by molar-refractivity contribution is -0.142. The molecule has 5 rings (SSSR count). The summed E-state index contributed by atoms with van der Waals surface area (Å²) in [4.78, 5) is 40.1. The molecular weight excluding hydrogens is 450 g/mol. The number of carboxylic acid groups (broad SMARTS) is 1. The average molecular weight is 476 g/mol. The largest absolute Gasteiger partial charge is 0.481 e. The standard InChI is InChI=1S/C25H25N5O5/c31-22(26-12-14-6-5-11-15(14)23(32)33)21-27-24(30-29-21)28-25(34)35-13-20-18-9-3-1-7-16(18)17-8-2-4-10-19(17)20/h1-4,7-10,14-15,20H,5-6,11-13H2,(H,26,31)(H,32,33)(H2,27,28,29,30,34)/t14-,15-/m1/s1. The molecule has 0 saturated heterocycles. The Labute approximate surface area is 201 Å². The molecule has 0 bridgehead atoms. The Hall–Kier alpha value is -4.21. The molecule has 0 radical (unpaired) electrons. The third kappa shape index (κ3) is 4.59. The summed E-state index contributed by atoms with van der Waals surface area (Å²) in [6.45, 7) is 0.384. The lowest BCUT2D eigenvalue weighted by atomic mass is 9.96. The van der Waals surface area contributed by atoms with E-state index in [0.717, 1.165) is 35.1 Å². The number of aromatic nitrogens is 3. The van der Waals surface area contributed by atoms with E-state index in [0.29, 0.717) is 6.42 Å². The number of H-pyrrole nitrogens is 1. The summed E-state index contributed by atoms with van der Waals surface area (Å²) in [5, 5.41) is 20.7.